The quantitative estimate of drug-likeness (QED) is 0.847. The lowest BCUT2D eigenvalue weighted by Crippen LogP contribution is -2.51. The standard InChI is InChI=1S/C22H30N2O3/c1-16-5-6-20-18(4-3-10-23-20)19(16)15-24-11-9-22(26-2)8-7-17(14-21(22)24)27-13-12-25/h3-6,10,17,21,25H,7-9,11-15H2,1-2H3/t17-,21-,22+/m0/s1. The number of aliphatic hydroxyl groups is 1. The van der Waals surface area contributed by atoms with Gasteiger partial charge in [-0.3, -0.25) is 9.88 Å². The van der Waals surface area contributed by atoms with E-state index in [1.165, 1.54) is 16.5 Å². The molecule has 27 heavy (non-hydrogen) atoms. The van der Waals surface area contributed by atoms with Crippen molar-refractivity contribution in [2.24, 2.45) is 0 Å². The highest BCUT2D eigenvalue weighted by atomic mass is 16.5. The first-order chi connectivity index (χ1) is 13.2. The second-order valence-corrected chi connectivity index (χ2v) is 7.93. The molecule has 1 aliphatic carbocycles. The summed E-state index contributed by atoms with van der Waals surface area (Å²) < 4.78 is 12.0. The molecule has 2 aliphatic rings. The fraction of sp³-hybridized carbons (Fsp3) is 0.591. The molecule has 1 aliphatic heterocycles. The number of methoxy groups -OCH3 is 1. The van der Waals surface area contributed by atoms with Gasteiger partial charge in [-0.25, -0.2) is 0 Å². The lowest BCUT2D eigenvalue weighted by Gasteiger charge is -2.43. The van der Waals surface area contributed by atoms with Crippen LogP contribution in [0.5, 0.6) is 0 Å². The van der Waals surface area contributed by atoms with E-state index in [4.69, 9.17) is 14.6 Å². The van der Waals surface area contributed by atoms with Gasteiger partial charge in [-0.15, -0.1) is 0 Å². The number of aryl methyl sites for hydroxylation is 1. The van der Waals surface area contributed by atoms with Gasteiger partial charge in [0.15, 0.2) is 0 Å². The molecular weight excluding hydrogens is 340 g/mol. The van der Waals surface area contributed by atoms with Crippen LogP contribution in [0.2, 0.25) is 0 Å². The van der Waals surface area contributed by atoms with E-state index in [0.29, 0.717) is 12.6 Å². The molecule has 1 saturated heterocycles. The zero-order valence-electron chi connectivity index (χ0n) is 16.4. The van der Waals surface area contributed by atoms with Gasteiger partial charge in [0.2, 0.25) is 0 Å². The van der Waals surface area contributed by atoms with Gasteiger partial charge >= 0.3 is 0 Å². The Bertz CT molecular complexity index is 796. The Labute approximate surface area is 161 Å². The van der Waals surface area contributed by atoms with Crippen molar-refractivity contribution in [1.29, 1.82) is 0 Å². The van der Waals surface area contributed by atoms with Crippen LogP contribution in [0.4, 0.5) is 0 Å². The van der Waals surface area contributed by atoms with Gasteiger partial charge in [-0.1, -0.05) is 12.1 Å². The number of nitrogens with zero attached hydrogens (tertiary/aromatic N) is 2. The number of rotatable bonds is 6. The van der Waals surface area contributed by atoms with Crippen molar-refractivity contribution in [2.75, 3.05) is 26.9 Å². The summed E-state index contributed by atoms with van der Waals surface area (Å²) in [4.78, 5) is 7.10. The number of aromatic nitrogens is 1. The highest BCUT2D eigenvalue weighted by molar-refractivity contribution is 5.83. The molecule has 4 rings (SSSR count). The third-order valence-electron chi connectivity index (χ3n) is 6.59. The summed E-state index contributed by atoms with van der Waals surface area (Å²) in [7, 11) is 1.86. The molecular formula is C22H30N2O3. The van der Waals surface area contributed by atoms with Crippen LogP contribution in [0.15, 0.2) is 30.5 Å². The molecule has 3 atom stereocenters. The molecule has 1 N–H and O–H groups in total. The Morgan fingerprint density at radius 3 is 3.00 bits per heavy atom. The van der Waals surface area contributed by atoms with Gasteiger partial charge in [-0.2, -0.15) is 0 Å². The number of benzene rings is 1. The van der Waals surface area contributed by atoms with Crippen LogP contribution in [0, 0.1) is 6.92 Å². The topological polar surface area (TPSA) is 54.8 Å². The Hall–Kier alpha value is -1.53. The number of hydrogen-bond acceptors (Lipinski definition) is 5. The number of ether oxygens (including phenoxy) is 2. The predicted molar refractivity (Wildman–Crippen MR) is 106 cm³/mol. The minimum absolute atomic E-state index is 0.0597. The fourth-order valence-corrected chi connectivity index (χ4v) is 5.05. The van der Waals surface area contributed by atoms with Crippen molar-refractivity contribution in [3.63, 3.8) is 0 Å². The van der Waals surface area contributed by atoms with Gasteiger partial charge in [0.25, 0.3) is 0 Å². The number of hydrogen-bond donors (Lipinski definition) is 1. The Morgan fingerprint density at radius 1 is 1.30 bits per heavy atom. The average Bonchev–Trinajstić information content (AvgIpc) is 3.07. The van der Waals surface area contributed by atoms with Crippen LogP contribution in [0.1, 0.15) is 36.8 Å². The molecule has 1 aromatic carbocycles. The summed E-state index contributed by atoms with van der Waals surface area (Å²) in [6.45, 7) is 4.65. The molecule has 146 valence electrons. The van der Waals surface area contributed by atoms with Crippen molar-refractivity contribution < 1.29 is 14.6 Å². The van der Waals surface area contributed by atoms with E-state index in [9.17, 15) is 0 Å². The van der Waals surface area contributed by atoms with Gasteiger partial charge in [0, 0.05) is 37.8 Å². The van der Waals surface area contributed by atoms with E-state index in [1.54, 1.807) is 0 Å². The highest BCUT2D eigenvalue weighted by Gasteiger charge is 2.51. The predicted octanol–water partition coefficient (Wildman–Crippen LogP) is 3.06. The van der Waals surface area contributed by atoms with Crippen LogP contribution in [-0.2, 0) is 16.0 Å². The maximum atomic E-state index is 9.09. The van der Waals surface area contributed by atoms with E-state index in [2.05, 4.69) is 35.0 Å². The summed E-state index contributed by atoms with van der Waals surface area (Å²) >= 11 is 0. The van der Waals surface area contributed by atoms with E-state index in [0.717, 1.165) is 44.3 Å². The molecule has 2 aromatic rings. The maximum absolute atomic E-state index is 9.09. The minimum Gasteiger partial charge on any atom is -0.394 e. The smallest absolute Gasteiger partial charge is 0.0847 e. The first-order valence-corrected chi connectivity index (χ1v) is 10.0. The van der Waals surface area contributed by atoms with Crippen molar-refractivity contribution in [2.45, 2.75) is 56.9 Å². The first kappa shape index (κ1) is 18.8. The summed E-state index contributed by atoms with van der Waals surface area (Å²) in [6, 6.07) is 8.84. The molecule has 0 radical (unpaired) electrons. The SMILES string of the molecule is CO[C@@]12CC[C@H](OCCO)C[C@@H]1N(Cc1c(C)ccc3ncccc13)CC2. The number of likely N-dealkylation sites (tertiary alicyclic amines) is 1. The van der Waals surface area contributed by atoms with Crippen LogP contribution >= 0.6 is 0 Å². The zero-order chi connectivity index (χ0) is 18.9. The lowest BCUT2D eigenvalue weighted by molar-refractivity contribution is -0.104. The molecule has 0 unspecified atom stereocenters. The van der Waals surface area contributed by atoms with Gasteiger partial charge in [0.05, 0.1) is 30.4 Å². The van der Waals surface area contributed by atoms with Crippen molar-refractivity contribution in [3.8, 4) is 0 Å². The normalized spacial score (nSPS) is 28.6. The second-order valence-electron chi connectivity index (χ2n) is 7.93. The molecule has 5 nitrogen and oxygen atoms in total. The van der Waals surface area contributed by atoms with E-state index < -0.39 is 0 Å². The second kappa shape index (κ2) is 7.84. The van der Waals surface area contributed by atoms with Crippen molar-refractivity contribution in [3.05, 3.63) is 41.6 Å². The highest BCUT2D eigenvalue weighted by Crippen LogP contribution is 2.44. The Morgan fingerprint density at radius 2 is 2.19 bits per heavy atom. The average molecular weight is 370 g/mol. The van der Waals surface area contributed by atoms with Crippen LogP contribution < -0.4 is 0 Å². The molecule has 0 bridgehead atoms. The Balaban J connectivity index is 1.60. The van der Waals surface area contributed by atoms with E-state index >= 15 is 0 Å². The molecule has 1 saturated carbocycles. The lowest BCUT2D eigenvalue weighted by atomic mass is 9.79. The van der Waals surface area contributed by atoms with E-state index in [-0.39, 0.29) is 18.3 Å². The van der Waals surface area contributed by atoms with Gasteiger partial charge in [-0.05, 0) is 55.9 Å². The summed E-state index contributed by atoms with van der Waals surface area (Å²) in [5, 5.41) is 10.3. The van der Waals surface area contributed by atoms with Gasteiger partial charge in [0.1, 0.15) is 0 Å². The monoisotopic (exact) mass is 370 g/mol. The van der Waals surface area contributed by atoms with Crippen molar-refractivity contribution >= 4 is 10.9 Å². The van der Waals surface area contributed by atoms with Crippen LogP contribution in [0.25, 0.3) is 10.9 Å². The molecule has 5 heteroatoms. The zero-order valence-corrected chi connectivity index (χ0v) is 16.4. The summed E-state index contributed by atoms with van der Waals surface area (Å²) in [6.07, 6.45) is 6.14. The number of aliphatic hydroxyl groups excluding tert-OH is 1. The summed E-state index contributed by atoms with van der Waals surface area (Å²) in [5.41, 5.74) is 3.68. The van der Waals surface area contributed by atoms with E-state index in [1.807, 2.05) is 19.4 Å². The number of fused-ring (bicyclic) bond motifs is 2. The van der Waals surface area contributed by atoms with Crippen LogP contribution in [0.3, 0.4) is 0 Å². The molecule has 0 amide bonds. The molecule has 2 fully saturated rings. The minimum atomic E-state index is -0.0597. The third-order valence-corrected chi connectivity index (χ3v) is 6.59. The third kappa shape index (κ3) is 3.49. The first-order valence-electron chi connectivity index (χ1n) is 10.0. The molecule has 2 heterocycles. The van der Waals surface area contributed by atoms with Crippen LogP contribution in [-0.4, -0.2) is 59.6 Å². The fourth-order valence-electron chi connectivity index (χ4n) is 5.05. The largest absolute Gasteiger partial charge is 0.394 e. The Kier molecular flexibility index (Phi) is 5.46. The molecule has 0 spiro atoms. The van der Waals surface area contributed by atoms with Gasteiger partial charge < -0.3 is 14.6 Å². The maximum Gasteiger partial charge on any atom is 0.0847 e. The number of pyridine rings is 1. The molecule has 1 aromatic heterocycles. The summed E-state index contributed by atoms with van der Waals surface area (Å²) in [5.74, 6) is 0. The van der Waals surface area contributed by atoms with Crippen molar-refractivity contribution in [1.82, 2.24) is 9.88 Å².